The van der Waals surface area contributed by atoms with E-state index in [0.29, 0.717) is 6.61 Å². The molecule has 1 aromatic carbocycles. The van der Waals surface area contributed by atoms with Crippen LogP contribution in [0, 0.1) is 0 Å². The standard InChI is InChI=1S/C12H15N5O/c1-2-18-10-5-3-9(4-6-10)11-7-8-13-12-14-15-16-17(11)12/h3-6,11H,2,7-8H2,1H3,(H,13,14,16). The summed E-state index contributed by atoms with van der Waals surface area (Å²) in [4.78, 5) is 0. The molecular weight excluding hydrogens is 230 g/mol. The van der Waals surface area contributed by atoms with Gasteiger partial charge in [-0.2, -0.15) is 0 Å². The average Bonchev–Trinajstić information content (AvgIpc) is 2.88. The molecule has 1 aromatic heterocycles. The number of fused-ring (bicyclic) bond motifs is 1. The van der Waals surface area contributed by atoms with Crippen molar-refractivity contribution in [3.8, 4) is 5.75 Å². The van der Waals surface area contributed by atoms with E-state index in [-0.39, 0.29) is 6.04 Å². The Hall–Kier alpha value is -2.11. The van der Waals surface area contributed by atoms with Gasteiger partial charge in [0.05, 0.1) is 12.6 Å². The maximum absolute atomic E-state index is 5.44. The predicted octanol–water partition coefficient (Wildman–Crippen LogP) is 1.48. The molecule has 0 saturated carbocycles. The summed E-state index contributed by atoms with van der Waals surface area (Å²) in [5.74, 6) is 1.63. The van der Waals surface area contributed by atoms with Gasteiger partial charge >= 0.3 is 0 Å². The van der Waals surface area contributed by atoms with Crippen LogP contribution in [-0.4, -0.2) is 33.4 Å². The molecule has 0 saturated heterocycles. The van der Waals surface area contributed by atoms with Crippen molar-refractivity contribution in [3.63, 3.8) is 0 Å². The first-order chi connectivity index (χ1) is 8.88. The molecule has 1 unspecified atom stereocenters. The lowest BCUT2D eigenvalue weighted by molar-refractivity contribution is 0.340. The summed E-state index contributed by atoms with van der Waals surface area (Å²) in [6, 6.07) is 8.33. The van der Waals surface area contributed by atoms with Gasteiger partial charge in [0.15, 0.2) is 0 Å². The summed E-state index contributed by atoms with van der Waals surface area (Å²) >= 11 is 0. The van der Waals surface area contributed by atoms with Gasteiger partial charge in [-0.25, -0.2) is 4.68 Å². The van der Waals surface area contributed by atoms with Gasteiger partial charge in [-0.15, -0.1) is 0 Å². The zero-order valence-corrected chi connectivity index (χ0v) is 10.2. The van der Waals surface area contributed by atoms with Crippen LogP contribution < -0.4 is 10.1 Å². The van der Waals surface area contributed by atoms with Crippen molar-refractivity contribution < 1.29 is 4.74 Å². The number of nitrogens with zero attached hydrogens (tertiary/aromatic N) is 4. The topological polar surface area (TPSA) is 64.9 Å². The van der Waals surface area contributed by atoms with E-state index in [9.17, 15) is 0 Å². The second-order valence-corrected chi connectivity index (χ2v) is 4.18. The van der Waals surface area contributed by atoms with E-state index < -0.39 is 0 Å². The zero-order chi connectivity index (χ0) is 12.4. The van der Waals surface area contributed by atoms with Gasteiger partial charge in [-0.05, 0) is 41.5 Å². The third-order valence-corrected chi connectivity index (χ3v) is 3.06. The molecule has 0 aliphatic carbocycles. The number of tetrazole rings is 1. The van der Waals surface area contributed by atoms with Crippen molar-refractivity contribution in [2.24, 2.45) is 0 Å². The summed E-state index contributed by atoms with van der Waals surface area (Å²) in [5.41, 5.74) is 1.20. The number of benzene rings is 1. The van der Waals surface area contributed by atoms with Crippen LogP contribution >= 0.6 is 0 Å². The fourth-order valence-electron chi connectivity index (χ4n) is 2.22. The maximum atomic E-state index is 5.44. The Bertz CT molecular complexity index is 522. The van der Waals surface area contributed by atoms with Gasteiger partial charge in [0.2, 0.25) is 5.95 Å². The second-order valence-electron chi connectivity index (χ2n) is 4.18. The van der Waals surface area contributed by atoms with Crippen LogP contribution in [0.15, 0.2) is 24.3 Å². The molecule has 0 bridgehead atoms. The maximum Gasteiger partial charge on any atom is 0.243 e. The molecular formula is C12H15N5O. The number of hydrogen-bond donors (Lipinski definition) is 1. The lowest BCUT2D eigenvalue weighted by Gasteiger charge is -2.23. The molecule has 1 aliphatic heterocycles. The second kappa shape index (κ2) is 4.64. The lowest BCUT2D eigenvalue weighted by Crippen LogP contribution is -2.24. The normalized spacial score (nSPS) is 17.9. The molecule has 1 N–H and O–H groups in total. The molecule has 6 heteroatoms. The fraction of sp³-hybridized carbons (Fsp3) is 0.417. The summed E-state index contributed by atoms with van der Waals surface area (Å²) in [7, 11) is 0. The van der Waals surface area contributed by atoms with Gasteiger partial charge in [-0.1, -0.05) is 17.2 Å². The van der Waals surface area contributed by atoms with E-state index in [2.05, 4.69) is 33.0 Å². The van der Waals surface area contributed by atoms with Gasteiger partial charge in [-0.3, -0.25) is 0 Å². The fourth-order valence-corrected chi connectivity index (χ4v) is 2.22. The first-order valence-electron chi connectivity index (χ1n) is 6.13. The average molecular weight is 245 g/mol. The van der Waals surface area contributed by atoms with Crippen molar-refractivity contribution in [2.45, 2.75) is 19.4 Å². The minimum atomic E-state index is 0.201. The Morgan fingerprint density at radius 2 is 2.22 bits per heavy atom. The van der Waals surface area contributed by atoms with Gasteiger partial charge in [0.25, 0.3) is 0 Å². The number of ether oxygens (including phenoxy) is 1. The Morgan fingerprint density at radius 3 is 3.00 bits per heavy atom. The molecule has 3 rings (SSSR count). The summed E-state index contributed by atoms with van der Waals surface area (Å²) in [5, 5.41) is 14.9. The number of nitrogens with one attached hydrogen (secondary N) is 1. The summed E-state index contributed by atoms with van der Waals surface area (Å²) in [6.45, 7) is 3.55. The number of aromatic nitrogens is 4. The number of anilines is 1. The Labute approximate surface area is 105 Å². The predicted molar refractivity (Wildman–Crippen MR) is 66.7 cm³/mol. The van der Waals surface area contributed by atoms with E-state index in [0.717, 1.165) is 24.7 Å². The van der Waals surface area contributed by atoms with Crippen molar-refractivity contribution in [2.75, 3.05) is 18.5 Å². The van der Waals surface area contributed by atoms with Crippen molar-refractivity contribution >= 4 is 5.95 Å². The van der Waals surface area contributed by atoms with Crippen LogP contribution in [-0.2, 0) is 0 Å². The lowest BCUT2D eigenvalue weighted by atomic mass is 10.0. The van der Waals surface area contributed by atoms with Crippen LogP contribution in [0.25, 0.3) is 0 Å². The molecule has 2 heterocycles. The largest absolute Gasteiger partial charge is 0.494 e. The molecule has 2 aromatic rings. The van der Waals surface area contributed by atoms with Crippen LogP contribution in [0.4, 0.5) is 5.95 Å². The van der Waals surface area contributed by atoms with E-state index in [4.69, 9.17) is 4.74 Å². The van der Waals surface area contributed by atoms with Crippen molar-refractivity contribution in [1.82, 2.24) is 20.2 Å². The van der Waals surface area contributed by atoms with Crippen LogP contribution in [0.1, 0.15) is 24.9 Å². The molecule has 6 nitrogen and oxygen atoms in total. The number of hydrogen-bond acceptors (Lipinski definition) is 5. The Balaban J connectivity index is 1.88. The molecule has 1 atom stereocenters. The van der Waals surface area contributed by atoms with Crippen molar-refractivity contribution in [1.29, 1.82) is 0 Å². The highest BCUT2D eigenvalue weighted by atomic mass is 16.5. The van der Waals surface area contributed by atoms with E-state index in [1.165, 1.54) is 5.56 Å². The Kier molecular flexibility index (Phi) is 2.84. The first kappa shape index (κ1) is 11.0. The van der Waals surface area contributed by atoms with E-state index >= 15 is 0 Å². The highest BCUT2D eigenvalue weighted by Crippen LogP contribution is 2.28. The first-order valence-corrected chi connectivity index (χ1v) is 6.13. The zero-order valence-electron chi connectivity index (χ0n) is 10.2. The molecule has 18 heavy (non-hydrogen) atoms. The molecule has 1 aliphatic rings. The SMILES string of the molecule is CCOc1ccc(C2CCNc3nnnn32)cc1. The van der Waals surface area contributed by atoms with E-state index in [1.54, 1.807) is 0 Å². The van der Waals surface area contributed by atoms with E-state index in [1.807, 2.05) is 23.7 Å². The molecule has 0 amide bonds. The third kappa shape index (κ3) is 1.90. The quantitative estimate of drug-likeness (QED) is 0.887. The third-order valence-electron chi connectivity index (χ3n) is 3.06. The van der Waals surface area contributed by atoms with Gasteiger partial charge in [0.1, 0.15) is 5.75 Å². The highest BCUT2D eigenvalue weighted by Gasteiger charge is 2.23. The smallest absolute Gasteiger partial charge is 0.243 e. The minimum absolute atomic E-state index is 0.201. The summed E-state index contributed by atoms with van der Waals surface area (Å²) < 4.78 is 7.28. The molecule has 0 spiro atoms. The van der Waals surface area contributed by atoms with Gasteiger partial charge < -0.3 is 10.1 Å². The van der Waals surface area contributed by atoms with Gasteiger partial charge in [0, 0.05) is 6.54 Å². The summed E-state index contributed by atoms with van der Waals surface area (Å²) in [6.07, 6.45) is 0.978. The van der Waals surface area contributed by atoms with Crippen LogP contribution in [0.3, 0.4) is 0 Å². The van der Waals surface area contributed by atoms with Crippen LogP contribution in [0.2, 0.25) is 0 Å². The molecule has 94 valence electrons. The monoisotopic (exact) mass is 245 g/mol. The molecule has 0 radical (unpaired) electrons. The highest BCUT2D eigenvalue weighted by molar-refractivity contribution is 5.33. The van der Waals surface area contributed by atoms with Crippen LogP contribution in [0.5, 0.6) is 5.75 Å². The minimum Gasteiger partial charge on any atom is -0.494 e. The number of rotatable bonds is 3. The molecule has 0 fully saturated rings. The Morgan fingerprint density at radius 1 is 1.39 bits per heavy atom. The van der Waals surface area contributed by atoms with Crippen molar-refractivity contribution in [3.05, 3.63) is 29.8 Å².